The summed E-state index contributed by atoms with van der Waals surface area (Å²) >= 11 is 2.24. The number of hydrogen-bond donors (Lipinski definition) is 1. The molecule has 15 heavy (non-hydrogen) atoms. The van der Waals surface area contributed by atoms with Crippen LogP contribution in [0.25, 0.3) is 0 Å². The average Bonchev–Trinajstić information content (AvgIpc) is 2.00. The first-order valence-electron chi connectivity index (χ1n) is 5.14. The molecule has 1 N–H and O–H groups in total. The van der Waals surface area contributed by atoms with Gasteiger partial charge in [-0.1, -0.05) is 43.4 Å². The SMILES string of the molecule is C[SiH](C)OC(C(=O)O)C(CI)C(C)(C)C. The number of carboxylic acid groups (broad SMARTS) is 1. The summed E-state index contributed by atoms with van der Waals surface area (Å²) in [4.78, 5) is 11.2. The standard InChI is InChI=1S/C10H21IO3Si/c1-10(2,3)7(6-11)8(9(12)13)14-15(4)5/h7-8,15H,6H2,1-5H3,(H,12,13). The van der Waals surface area contributed by atoms with Gasteiger partial charge >= 0.3 is 5.97 Å². The summed E-state index contributed by atoms with van der Waals surface area (Å²) in [7, 11) is -1.31. The maximum absolute atomic E-state index is 11.2. The molecule has 0 bridgehead atoms. The first kappa shape index (κ1) is 15.4. The van der Waals surface area contributed by atoms with E-state index in [0.717, 1.165) is 4.43 Å². The van der Waals surface area contributed by atoms with Gasteiger partial charge in [-0.2, -0.15) is 0 Å². The van der Waals surface area contributed by atoms with Crippen molar-refractivity contribution in [2.45, 2.75) is 40.0 Å². The summed E-state index contributed by atoms with van der Waals surface area (Å²) in [6.07, 6.45) is -0.645. The molecule has 0 aliphatic heterocycles. The molecule has 0 aliphatic carbocycles. The van der Waals surface area contributed by atoms with Gasteiger partial charge in [-0.05, 0) is 18.5 Å². The molecule has 0 saturated heterocycles. The fraction of sp³-hybridized carbons (Fsp3) is 0.900. The maximum Gasteiger partial charge on any atom is 0.331 e. The van der Waals surface area contributed by atoms with Crippen LogP contribution in [-0.2, 0) is 9.22 Å². The molecule has 2 unspecified atom stereocenters. The largest absolute Gasteiger partial charge is 0.479 e. The van der Waals surface area contributed by atoms with Crippen LogP contribution >= 0.6 is 22.6 Å². The van der Waals surface area contributed by atoms with Crippen LogP contribution in [0.15, 0.2) is 0 Å². The summed E-state index contributed by atoms with van der Waals surface area (Å²) in [6.45, 7) is 10.2. The number of carbonyl (C=O) groups is 1. The Labute approximate surface area is 107 Å². The van der Waals surface area contributed by atoms with E-state index >= 15 is 0 Å². The summed E-state index contributed by atoms with van der Waals surface area (Å²) < 4.78 is 6.43. The second-order valence-corrected chi connectivity index (χ2v) is 8.32. The van der Waals surface area contributed by atoms with Crippen LogP contribution in [-0.4, -0.2) is 30.6 Å². The molecule has 0 fully saturated rings. The zero-order valence-corrected chi connectivity index (χ0v) is 13.4. The topological polar surface area (TPSA) is 46.5 Å². The van der Waals surface area contributed by atoms with Gasteiger partial charge in [0.1, 0.15) is 6.10 Å². The van der Waals surface area contributed by atoms with E-state index in [-0.39, 0.29) is 11.3 Å². The molecule has 0 heterocycles. The summed E-state index contributed by atoms with van der Waals surface area (Å²) in [5.74, 6) is -0.765. The van der Waals surface area contributed by atoms with Gasteiger partial charge in [0, 0.05) is 10.3 Å². The fourth-order valence-electron chi connectivity index (χ4n) is 1.38. The van der Waals surface area contributed by atoms with Crippen molar-refractivity contribution in [3.63, 3.8) is 0 Å². The van der Waals surface area contributed by atoms with Crippen molar-refractivity contribution < 1.29 is 14.3 Å². The van der Waals surface area contributed by atoms with Gasteiger partial charge in [-0.3, -0.25) is 0 Å². The number of halogens is 1. The molecule has 0 aliphatic rings. The van der Waals surface area contributed by atoms with Crippen molar-refractivity contribution >= 4 is 37.6 Å². The van der Waals surface area contributed by atoms with Crippen molar-refractivity contribution in [3.05, 3.63) is 0 Å². The average molecular weight is 344 g/mol. The van der Waals surface area contributed by atoms with Gasteiger partial charge in [0.05, 0.1) is 0 Å². The Bertz CT molecular complexity index is 213. The van der Waals surface area contributed by atoms with Crippen LogP contribution in [0.4, 0.5) is 0 Å². The lowest BCUT2D eigenvalue weighted by Crippen LogP contribution is -2.42. The van der Waals surface area contributed by atoms with E-state index < -0.39 is 21.1 Å². The van der Waals surface area contributed by atoms with Crippen LogP contribution in [0.3, 0.4) is 0 Å². The van der Waals surface area contributed by atoms with Gasteiger partial charge in [0.2, 0.25) is 0 Å². The molecule has 0 saturated carbocycles. The highest BCUT2D eigenvalue weighted by molar-refractivity contribution is 14.1. The van der Waals surface area contributed by atoms with Crippen LogP contribution in [0, 0.1) is 11.3 Å². The summed E-state index contributed by atoms with van der Waals surface area (Å²) in [5.41, 5.74) is -0.0342. The minimum absolute atomic E-state index is 0.0342. The number of alkyl halides is 1. The third-order valence-corrected chi connectivity index (χ3v) is 4.09. The smallest absolute Gasteiger partial charge is 0.331 e. The second-order valence-electron chi connectivity index (χ2n) is 5.07. The lowest BCUT2D eigenvalue weighted by molar-refractivity contribution is -0.149. The zero-order valence-electron chi connectivity index (χ0n) is 10.1. The second kappa shape index (κ2) is 6.20. The molecule has 0 amide bonds. The number of carboxylic acids is 1. The fourth-order valence-corrected chi connectivity index (χ4v) is 4.06. The monoisotopic (exact) mass is 344 g/mol. The van der Waals surface area contributed by atoms with Crippen molar-refractivity contribution in [3.8, 4) is 0 Å². The molecule has 0 aromatic carbocycles. The van der Waals surface area contributed by atoms with Gasteiger partial charge in [-0.25, -0.2) is 4.79 Å². The molecule has 90 valence electrons. The normalized spacial score (nSPS) is 16.5. The van der Waals surface area contributed by atoms with Crippen LogP contribution in [0.1, 0.15) is 20.8 Å². The van der Waals surface area contributed by atoms with Gasteiger partial charge in [-0.15, -0.1) is 0 Å². The molecule has 0 radical (unpaired) electrons. The first-order chi connectivity index (χ1) is 6.70. The van der Waals surface area contributed by atoms with Gasteiger partial charge in [0.25, 0.3) is 0 Å². The first-order valence-corrected chi connectivity index (χ1v) is 9.45. The molecule has 0 aromatic rings. The molecule has 2 atom stereocenters. The Hall–Kier alpha value is 0.377. The van der Waals surface area contributed by atoms with E-state index in [4.69, 9.17) is 4.43 Å². The molecule has 3 nitrogen and oxygen atoms in total. The van der Waals surface area contributed by atoms with Gasteiger partial charge < -0.3 is 9.53 Å². The van der Waals surface area contributed by atoms with Crippen molar-refractivity contribution in [1.29, 1.82) is 0 Å². The van der Waals surface area contributed by atoms with E-state index in [2.05, 4.69) is 43.4 Å². The lowest BCUT2D eigenvalue weighted by Gasteiger charge is -2.34. The van der Waals surface area contributed by atoms with Crippen molar-refractivity contribution in [2.24, 2.45) is 11.3 Å². The molecular formula is C10H21IO3Si. The number of hydrogen-bond acceptors (Lipinski definition) is 2. The van der Waals surface area contributed by atoms with E-state index in [0.29, 0.717) is 0 Å². The predicted octanol–water partition coefficient (Wildman–Crippen LogP) is 2.54. The molecule has 0 aromatic heterocycles. The molecule has 5 heteroatoms. The van der Waals surface area contributed by atoms with Gasteiger partial charge in [0.15, 0.2) is 9.04 Å². The Morgan fingerprint density at radius 1 is 1.47 bits per heavy atom. The lowest BCUT2D eigenvalue weighted by atomic mass is 9.79. The highest BCUT2D eigenvalue weighted by atomic mass is 127. The Morgan fingerprint density at radius 3 is 2.13 bits per heavy atom. The minimum Gasteiger partial charge on any atom is -0.479 e. The number of rotatable bonds is 5. The highest BCUT2D eigenvalue weighted by Crippen LogP contribution is 2.32. The summed E-state index contributed by atoms with van der Waals surface area (Å²) in [6, 6.07) is 0. The van der Waals surface area contributed by atoms with E-state index in [9.17, 15) is 9.90 Å². The van der Waals surface area contributed by atoms with Crippen LogP contribution in [0.5, 0.6) is 0 Å². The maximum atomic E-state index is 11.2. The van der Waals surface area contributed by atoms with E-state index in [1.165, 1.54) is 0 Å². The molecule has 0 spiro atoms. The molecular weight excluding hydrogens is 323 g/mol. The van der Waals surface area contributed by atoms with E-state index in [1.54, 1.807) is 0 Å². The van der Waals surface area contributed by atoms with E-state index in [1.807, 2.05) is 13.1 Å². The Morgan fingerprint density at radius 2 is 1.93 bits per heavy atom. The quantitative estimate of drug-likeness (QED) is 0.474. The molecule has 0 rings (SSSR count). The summed E-state index contributed by atoms with van der Waals surface area (Å²) in [5, 5.41) is 9.18. The van der Waals surface area contributed by atoms with Crippen LogP contribution < -0.4 is 0 Å². The Balaban J connectivity index is 4.79. The third kappa shape index (κ3) is 5.30. The highest BCUT2D eigenvalue weighted by Gasteiger charge is 2.36. The number of aliphatic carboxylic acids is 1. The van der Waals surface area contributed by atoms with Crippen molar-refractivity contribution in [1.82, 2.24) is 0 Å². The predicted molar refractivity (Wildman–Crippen MR) is 73.2 cm³/mol. The minimum atomic E-state index is -1.31. The zero-order chi connectivity index (χ0) is 12.2. The van der Waals surface area contributed by atoms with Crippen molar-refractivity contribution in [2.75, 3.05) is 4.43 Å². The van der Waals surface area contributed by atoms with Crippen LogP contribution in [0.2, 0.25) is 13.1 Å². The third-order valence-electron chi connectivity index (χ3n) is 2.31. The Kier molecular flexibility index (Phi) is 6.35.